The van der Waals surface area contributed by atoms with Crippen molar-refractivity contribution < 1.29 is 47.9 Å². The molecule has 1 aromatic heterocycles. The number of aromatic amines is 1. The van der Waals surface area contributed by atoms with Crippen LogP contribution in [0.15, 0.2) is 12.5 Å². The second-order valence-electron chi connectivity index (χ2n) is 19.4. The minimum absolute atomic E-state index is 0.0965. The van der Waals surface area contributed by atoms with Crippen molar-refractivity contribution in [2.24, 2.45) is 40.9 Å². The molecule has 10 atom stereocenters. The minimum Gasteiger partial charge on any atom is -0.370 e. The maximum atomic E-state index is 14.1. The Bertz CT molecular complexity index is 1860. The van der Waals surface area contributed by atoms with Crippen molar-refractivity contribution in [3.05, 3.63) is 18.2 Å². The van der Waals surface area contributed by atoms with Gasteiger partial charge in [-0.05, 0) is 82.6 Å². The number of nitrogens with zero attached hydrogens (tertiary/aromatic N) is 1. The first-order valence-electron chi connectivity index (χ1n) is 24.4. The van der Waals surface area contributed by atoms with Crippen LogP contribution in [0.25, 0.3) is 0 Å². The SMILES string of the molecule is CC[C@H](C)[C@H](NC(=O)[C@@H](N)CCCCN)C(=O)N[C@@H](CC(C)C)C(=O)N[C@@H](Cc1cnc[nH]1)C(=O)N[C@@H](C)C(=O)N[C@@H](CC(C)C)C(=O)N[C@@H](CC(C)C)C(=O)N[C@@H](CCC(N)=O)C(=O)N[C@@H](C)C=O. The van der Waals surface area contributed by atoms with Gasteiger partial charge in [0.15, 0.2) is 0 Å². The lowest BCUT2D eigenvalue weighted by Crippen LogP contribution is -2.61. The molecule has 9 amide bonds. The van der Waals surface area contributed by atoms with Crippen LogP contribution in [0.4, 0.5) is 0 Å². The summed E-state index contributed by atoms with van der Waals surface area (Å²) >= 11 is 0. The zero-order chi connectivity index (χ0) is 53.2. The Labute approximate surface area is 412 Å². The van der Waals surface area contributed by atoms with E-state index in [0.29, 0.717) is 44.2 Å². The summed E-state index contributed by atoms with van der Waals surface area (Å²) in [7, 11) is 0. The predicted octanol–water partition coefficient (Wildman–Crippen LogP) is -1.02. The maximum Gasteiger partial charge on any atom is 0.243 e. The van der Waals surface area contributed by atoms with Crippen LogP contribution < -0.4 is 59.7 Å². The molecule has 396 valence electrons. The van der Waals surface area contributed by atoms with Crippen LogP contribution in [0.1, 0.15) is 133 Å². The molecule has 0 radical (unpaired) electrons. The number of unbranched alkanes of at least 4 members (excludes halogenated alkanes) is 1. The van der Waals surface area contributed by atoms with Crippen LogP contribution in [0.2, 0.25) is 0 Å². The van der Waals surface area contributed by atoms with Crippen molar-refractivity contribution in [2.75, 3.05) is 6.54 Å². The molecule has 0 saturated heterocycles. The zero-order valence-electron chi connectivity index (χ0n) is 42.8. The lowest BCUT2D eigenvalue weighted by Gasteiger charge is -2.29. The average molecular weight is 990 g/mol. The largest absolute Gasteiger partial charge is 0.370 e. The molecule has 1 rings (SSSR count). The van der Waals surface area contributed by atoms with Gasteiger partial charge in [0.05, 0.1) is 18.4 Å². The Morgan fingerprint density at radius 2 is 1.07 bits per heavy atom. The molecule has 15 N–H and O–H groups in total. The van der Waals surface area contributed by atoms with E-state index in [-0.39, 0.29) is 62.2 Å². The Morgan fingerprint density at radius 1 is 0.600 bits per heavy atom. The van der Waals surface area contributed by atoms with Gasteiger partial charge >= 0.3 is 0 Å². The second-order valence-corrected chi connectivity index (χ2v) is 19.4. The molecule has 0 spiro atoms. The summed E-state index contributed by atoms with van der Waals surface area (Å²) in [5.74, 6) is -7.00. The van der Waals surface area contributed by atoms with E-state index < -0.39 is 108 Å². The summed E-state index contributed by atoms with van der Waals surface area (Å²) in [4.78, 5) is 139. The highest BCUT2D eigenvalue weighted by atomic mass is 16.2. The number of carbonyl (C=O) groups excluding carboxylic acids is 10. The number of hydrogen-bond acceptors (Lipinski definition) is 13. The normalized spacial score (nSPS) is 15.6. The van der Waals surface area contributed by atoms with Gasteiger partial charge in [-0.2, -0.15) is 0 Å². The number of nitrogens with two attached hydrogens (primary N) is 3. The summed E-state index contributed by atoms with van der Waals surface area (Å²) < 4.78 is 0. The van der Waals surface area contributed by atoms with Crippen molar-refractivity contribution in [3.63, 3.8) is 0 Å². The first kappa shape index (κ1) is 62.0. The van der Waals surface area contributed by atoms with Gasteiger partial charge in [0.2, 0.25) is 53.2 Å². The summed E-state index contributed by atoms with van der Waals surface area (Å²) in [6.07, 6.45) is 5.43. The maximum absolute atomic E-state index is 14.1. The number of primary amides is 1. The number of amides is 9. The fourth-order valence-electron chi connectivity index (χ4n) is 7.21. The van der Waals surface area contributed by atoms with Crippen molar-refractivity contribution in [1.82, 2.24) is 52.5 Å². The first-order chi connectivity index (χ1) is 32.8. The Hall–Kier alpha value is -5.97. The molecule has 1 heterocycles. The molecule has 0 saturated carbocycles. The highest BCUT2D eigenvalue weighted by molar-refractivity contribution is 5.98. The third kappa shape index (κ3) is 23.6. The lowest BCUT2D eigenvalue weighted by atomic mass is 9.96. The van der Waals surface area contributed by atoms with Crippen LogP contribution in [0.5, 0.6) is 0 Å². The monoisotopic (exact) mass is 990 g/mol. The molecule has 70 heavy (non-hydrogen) atoms. The van der Waals surface area contributed by atoms with E-state index in [1.165, 1.54) is 26.4 Å². The summed E-state index contributed by atoms with van der Waals surface area (Å²) in [6, 6.07) is -10.2. The number of hydrogen-bond donors (Lipinski definition) is 12. The quantitative estimate of drug-likeness (QED) is 0.0291. The smallest absolute Gasteiger partial charge is 0.243 e. The van der Waals surface area contributed by atoms with E-state index in [9.17, 15) is 47.9 Å². The third-order valence-corrected chi connectivity index (χ3v) is 11.4. The van der Waals surface area contributed by atoms with E-state index in [2.05, 4.69) is 52.5 Å². The summed E-state index contributed by atoms with van der Waals surface area (Å²) in [5.41, 5.74) is 17.5. The number of aromatic nitrogens is 2. The molecule has 0 bridgehead atoms. The third-order valence-electron chi connectivity index (χ3n) is 11.4. The van der Waals surface area contributed by atoms with Crippen LogP contribution >= 0.6 is 0 Å². The van der Waals surface area contributed by atoms with Gasteiger partial charge in [-0.3, -0.25) is 43.2 Å². The minimum atomic E-state index is -1.30. The number of aldehydes is 1. The standard InChI is InChI=1S/C47H83N13O10/c1-11-28(8)39(60-41(64)32(49)14-12-13-17-48)47(70)59-36(20-27(6)7)46(69)58-37(21-31-22-51-24-52-31)43(66)54-30(10)40(63)56-34(18-25(2)3)45(68)57-35(19-26(4)5)44(67)55-33(15-16-38(50)62)42(65)53-29(9)23-61/h22-30,32-37,39H,11-21,48-49H2,1-10H3,(H2,50,62)(H,51,52)(H,53,65)(H,54,66)(H,55,67)(H,56,63)(H,57,68)(H,58,69)(H,59,70)(H,60,64)/t28-,29-,30-,32-,33-,34-,35-,36-,37-,39-/m0/s1. The summed E-state index contributed by atoms with van der Waals surface area (Å²) in [5, 5.41) is 21.3. The summed E-state index contributed by atoms with van der Waals surface area (Å²) in [6.45, 7) is 17.9. The first-order valence-corrected chi connectivity index (χ1v) is 24.4. The van der Waals surface area contributed by atoms with E-state index in [1.807, 2.05) is 48.5 Å². The highest BCUT2D eigenvalue weighted by Crippen LogP contribution is 2.14. The van der Waals surface area contributed by atoms with Crippen LogP contribution in [0, 0.1) is 23.7 Å². The van der Waals surface area contributed by atoms with Gasteiger partial charge in [0, 0.05) is 24.7 Å². The molecule has 23 nitrogen and oxygen atoms in total. The van der Waals surface area contributed by atoms with Crippen LogP contribution in [-0.2, 0) is 54.4 Å². The molecular weight excluding hydrogens is 907 g/mol. The molecule has 0 aromatic carbocycles. The van der Waals surface area contributed by atoms with Gasteiger partial charge < -0.3 is 69.5 Å². The van der Waals surface area contributed by atoms with E-state index in [4.69, 9.17) is 17.2 Å². The van der Waals surface area contributed by atoms with Gasteiger partial charge in [-0.1, -0.05) is 68.2 Å². The Kier molecular flexibility index (Phi) is 28.4. The lowest BCUT2D eigenvalue weighted by molar-refractivity contribution is -0.136. The molecule has 1 aromatic rings. The Morgan fingerprint density at radius 3 is 1.53 bits per heavy atom. The number of carbonyl (C=O) groups is 10. The van der Waals surface area contributed by atoms with Crippen molar-refractivity contribution >= 4 is 59.5 Å². The molecule has 0 aliphatic carbocycles. The second kappa shape index (κ2) is 32.0. The number of rotatable bonds is 34. The molecular formula is C47H83N13O10. The fourth-order valence-corrected chi connectivity index (χ4v) is 7.21. The molecule has 0 unspecified atom stereocenters. The van der Waals surface area contributed by atoms with Crippen LogP contribution in [-0.4, -0.2) is 130 Å². The van der Waals surface area contributed by atoms with Crippen molar-refractivity contribution in [1.29, 1.82) is 0 Å². The molecule has 0 aliphatic heterocycles. The molecule has 0 fully saturated rings. The van der Waals surface area contributed by atoms with Crippen LogP contribution in [0.3, 0.4) is 0 Å². The number of H-pyrrole nitrogens is 1. The zero-order valence-corrected chi connectivity index (χ0v) is 42.8. The van der Waals surface area contributed by atoms with E-state index in [1.54, 1.807) is 6.92 Å². The number of imidazole rings is 1. The van der Waals surface area contributed by atoms with Crippen molar-refractivity contribution in [2.45, 2.75) is 188 Å². The van der Waals surface area contributed by atoms with E-state index >= 15 is 0 Å². The van der Waals surface area contributed by atoms with Gasteiger partial charge in [0.25, 0.3) is 0 Å². The molecule has 23 heteroatoms. The molecule has 0 aliphatic rings. The van der Waals surface area contributed by atoms with Crippen molar-refractivity contribution in [3.8, 4) is 0 Å². The van der Waals surface area contributed by atoms with E-state index in [0.717, 1.165) is 0 Å². The topological polar surface area (TPSA) is 374 Å². The van der Waals surface area contributed by atoms with Gasteiger partial charge in [0.1, 0.15) is 48.6 Å². The number of nitrogens with one attached hydrogen (secondary N) is 9. The Balaban J connectivity index is 3.34. The highest BCUT2D eigenvalue weighted by Gasteiger charge is 2.35. The van der Waals surface area contributed by atoms with Gasteiger partial charge in [-0.25, -0.2) is 4.98 Å². The fraction of sp³-hybridized carbons (Fsp3) is 0.723. The predicted molar refractivity (Wildman–Crippen MR) is 262 cm³/mol. The van der Waals surface area contributed by atoms with Gasteiger partial charge in [-0.15, -0.1) is 0 Å². The average Bonchev–Trinajstić information content (AvgIpc) is 3.80.